The van der Waals surface area contributed by atoms with E-state index >= 15 is 0 Å². The molecule has 0 saturated heterocycles. The Bertz CT molecular complexity index is 358. The van der Waals surface area contributed by atoms with Gasteiger partial charge in [0, 0.05) is 31.5 Å². The third-order valence-corrected chi connectivity index (χ3v) is 4.48. The van der Waals surface area contributed by atoms with E-state index in [-0.39, 0.29) is 5.60 Å². The lowest BCUT2D eigenvalue weighted by atomic mass is 9.83. The molecule has 2 rings (SSSR count). The molecule has 0 amide bonds. The van der Waals surface area contributed by atoms with Crippen LogP contribution in [0, 0.1) is 0 Å². The summed E-state index contributed by atoms with van der Waals surface area (Å²) in [5.74, 6) is 0. The highest BCUT2D eigenvalue weighted by molar-refractivity contribution is 5.08. The summed E-state index contributed by atoms with van der Waals surface area (Å²) in [6, 6.07) is 6.47. The van der Waals surface area contributed by atoms with E-state index in [9.17, 15) is 0 Å². The lowest BCUT2D eigenvalue weighted by Gasteiger charge is -2.39. The summed E-state index contributed by atoms with van der Waals surface area (Å²) in [5, 5.41) is 3.47. The van der Waals surface area contributed by atoms with Crippen molar-refractivity contribution in [1.82, 2.24) is 10.3 Å². The first-order valence-electron chi connectivity index (χ1n) is 7.43. The predicted octanol–water partition coefficient (Wildman–Crippen LogP) is 2.95. The minimum atomic E-state index is -0.0250. The molecule has 3 nitrogen and oxygen atoms in total. The van der Waals surface area contributed by atoms with E-state index in [4.69, 9.17) is 4.74 Å². The van der Waals surface area contributed by atoms with Crippen molar-refractivity contribution in [3.8, 4) is 0 Å². The van der Waals surface area contributed by atoms with Crippen LogP contribution in [0.4, 0.5) is 0 Å². The Labute approximate surface area is 116 Å². The summed E-state index contributed by atoms with van der Waals surface area (Å²) < 4.78 is 5.99. The van der Waals surface area contributed by atoms with Crippen LogP contribution in [0.25, 0.3) is 0 Å². The van der Waals surface area contributed by atoms with Crippen LogP contribution < -0.4 is 5.32 Å². The van der Waals surface area contributed by atoms with Gasteiger partial charge in [-0.25, -0.2) is 0 Å². The van der Waals surface area contributed by atoms with Crippen LogP contribution >= 0.6 is 0 Å². The average molecular weight is 262 g/mol. The number of hydrogen-bond donors (Lipinski definition) is 1. The fourth-order valence-electron chi connectivity index (χ4n) is 3.30. The molecule has 0 aromatic carbocycles. The first-order chi connectivity index (χ1) is 9.30. The van der Waals surface area contributed by atoms with E-state index in [1.54, 1.807) is 0 Å². The van der Waals surface area contributed by atoms with E-state index in [1.165, 1.54) is 25.7 Å². The van der Waals surface area contributed by atoms with Crippen LogP contribution in [0.15, 0.2) is 24.4 Å². The molecule has 1 aliphatic rings. The largest absolute Gasteiger partial charge is 0.377 e. The fourth-order valence-corrected chi connectivity index (χ4v) is 3.30. The molecule has 1 saturated carbocycles. The molecule has 106 valence electrons. The van der Waals surface area contributed by atoms with Crippen molar-refractivity contribution in [2.75, 3.05) is 14.2 Å². The Morgan fingerprint density at radius 1 is 1.26 bits per heavy atom. The molecule has 1 unspecified atom stereocenters. The number of likely N-dealkylation sites (N-methyl/N-ethyl adjacent to an activating group) is 1. The third kappa shape index (κ3) is 3.54. The topological polar surface area (TPSA) is 34.2 Å². The van der Waals surface area contributed by atoms with Crippen LogP contribution in [-0.4, -0.2) is 30.8 Å². The Balaban J connectivity index is 2.13. The zero-order valence-electron chi connectivity index (χ0n) is 12.2. The minimum Gasteiger partial charge on any atom is -0.377 e. The Kier molecular flexibility index (Phi) is 5.34. The smallest absolute Gasteiger partial charge is 0.0834 e. The normalized spacial score (nSPS) is 20.7. The molecule has 1 heterocycles. The molecule has 0 aliphatic heterocycles. The lowest BCUT2D eigenvalue weighted by molar-refractivity contribution is -0.0511. The third-order valence-electron chi connectivity index (χ3n) is 4.48. The van der Waals surface area contributed by atoms with E-state index in [1.807, 2.05) is 26.4 Å². The minimum absolute atomic E-state index is 0.0250. The van der Waals surface area contributed by atoms with E-state index in [2.05, 4.69) is 22.4 Å². The number of ether oxygens (including phenoxy) is 1. The number of methoxy groups -OCH3 is 1. The summed E-state index contributed by atoms with van der Waals surface area (Å²) in [5.41, 5.74) is 1.12. The quantitative estimate of drug-likeness (QED) is 0.828. The van der Waals surface area contributed by atoms with E-state index < -0.39 is 0 Å². The molecule has 0 radical (unpaired) electrons. The second-order valence-electron chi connectivity index (χ2n) is 5.55. The Morgan fingerprint density at radius 2 is 2.00 bits per heavy atom. The molecule has 1 aromatic rings. The van der Waals surface area contributed by atoms with Gasteiger partial charge in [-0.15, -0.1) is 0 Å². The average Bonchev–Trinajstić information content (AvgIpc) is 2.72. The molecule has 19 heavy (non-hydrogen) atoms. The van der Waals surface area contributed by atoms with Gasteiger partial charge in [0.25, 0.3) is 0 Å². The highest BCUT2D eigenvalue weighted by Crippen LogP contribution is 2.34. The number of aromatic nitrogens is 1. The van der Waals surface area contributed by atoms with Gasteiger partial charge >= 0.3 is 0 Å². The number of rotatable bonds is 5. The van der Waals surface area contributed by atoms with Crippen molar-refractivity contribution in [2.24, 2.45) is 0 Å². The van der Waals surface area contributed by atoms with Crippen molar-refractivity contribution in [3.63, 3.8) is 0 Å². The van der Waals surface area contributed by atoms with Gasteiger partial charge in [0.1, 0.15) is 0 Å². The molecule has 1 fully saturated rings. The van der Waals surface area contributed by atoms with Crippen LogP contribution in [-0.2, 0) is 11.2 Å². The summed E-state index contributed by atoms with van der Waals surface area (Å²) >= 11 is 0. The molecular formula is C16H26N2O. The molecule has 1 aromatic heterocycles. The molecule has 1 atom stereocenters. The SMILES string of the molecule is CNC(Cc1ccccn1)C1(OC)CCCCCC1. The van der Waals surface area contributed by atoms with Gasteiger partial charge in [0.15, 0.2) is 0 Å². The summed E-state index contributed by atoms with van der Waals surface area (Å²) in [4.78, 5) is 4.45. The van der Waals surface area contributed by atoms with Gasteiger partial charge in [-0.3, -0.25) is 4.98 Å². The van der Waals surface area contributed by atoms with Crippen LogP contribution in [0.1, 0.15) is 44.2 Å². The maximum atomic E-state index is 5.99. The number of nitrogens with zero attached hydrogens (tertiary/aromatic N) is 1. The number of nitrogens with one attached hydrogen (secondary N) is 1. The number of pyridine rings is 1. The number of hydrogen-bond acceptors (Lipinski definition) is 3. The zero-order chi connectivity index (χ0) is 13.6. The van der Waals surface area contributed by atoms with Crippen LogP contribution in [0.3, 0.4) is 0 Å². The summed E-state index contributed by atoms with van der Waals surface area (Å²) in [6.07, 6.45) is 10.3. The van der Waals surface area contributed by atoms with E-state index in [0.29, 0.717) is 6.04 Å². The lowest BCUT2D eigenvalue weighted by Crippen LogP contribution is -2.52. The van der Waals surface area contributed by atoms with Crippen molar-refractivity contribution < 1.29 is 4.74 Å². The molecular weight excluding hydrogens is 236 g/mol. The van der Waals surface area contributed by atoms with Gasteiger partial charge in [-0.2, -0.15) is 0 Å². The molecule has 1 aliphatic carbocycles. The Morgan fingerprint density at radius 3 is 2.53 bits per heavy atom. The fraction of sp³-hybridized carbons (Fsp3) is 0.688. The first kappa shape index (κ1) is 14.5. The zero-order valence-corrected chi connectivity index (χ0v) is 12.2. The maximum absolute atomic E-state index is 5.99. The maximum Gasteiger partial charge on any atom is 0.0834 e. The highest BCUT2D eigenvalue weighted by atomic mass is 16.5. The van der Waals surface area contributed by atoms with Crippen molar-refractivity contribution >= 4 is 0 Å². The van der Waals surface area contributed by atoms with Crippen LogP contribution in [0.2, 0.25) is 0 Å². The summed E-state index contributed by atoms with van der Waals surface area (Å²) in [7, 11) is 3.91. The second-order valence-corrected chi connectivity index (χ2v) is 5.55. The van der Waals surface area contributed by atoms with Gasteiger partial charge in [0.05, 0.1) is 5.60 Å². The van der Waals surface area contributed by atoms with Gasteiger partial charge in [-0.05, 0) is 32.0 Å². The molecule has 0 spiro atoms. The van der Waals surface area contributed by atoms with E-state index in [0.717, 1.165) is 25.0 Å². The Hall–Kier alpha value is -0.930. The molecule has 3 heteroatoms. The first-order valence-corrected chi connectivity index (χ1v) is 7.43. The van der Waals surface area contributed by atoms with Gasteiger partial charge in [-0.1, -0.05) is 31.7 Å². The molecule has 0 bridgehead atoms. The van der Waals surface area contributed by atoms with Crippen molar-refractivity contribution in [1.29, 1.82) is 0 Å². The standard InChI is InChI=1S/C16H26N2O/c1-17-15(13-14-9-5-8-12-18-14)16(19-2)10-6-3-4-7-11-16/h5,8-9,12,15,17H,3-4,6-7,10-11,13H2,1-2H3. The summed E-state index contributed by atoms with van der Waals surface area (Å²) in [6.45, 7) is 0. The van der Waals surface area contributed by atoms with Crippen molar-refractivity contribution in [2.45, 2.75) is 56.6 Å². The molecule has 1 N–H and O–H groups in total. The van der Waals surface area contributed by atoms with Crippen LogP contribution in [0.5, 0.6) is 0 Å². The second kappa shape index (κ2) is 7.01. The van der Waals surface area contributed by atoms with Gasteiger partial charge in [0.2, 0.25) is 0 Å². The predicted molar refractivity (Wildman–Crippen MR) is 78.2 cm³/mol. The van der Waals surface area contributed by atoms with Crippen molar-refractivity contribution in [3.05, 3.63) is 30.1 Å². The van der Waals surface area contributed by atoms with Gasteiger partial charge < -0.3 is 10.1 Å². The monoisotopic (exact) mass is 262 g/mol. The highest BCUT2D eigenvalue weighted by Gasteiger charge is 2.38.